The number of hydrazone groups is 1. The molecule has 0 spiro atoms. The first-order valence-corrected chi connectivity index (χ1v) is 10.5. The predicted octanol–water partition coefficient (Wildman–Crippen LogP) is 5.74. The highest BCUT2D eigenvalue weighted by atomic mass is 35.5. The molecule has 0 aliphatic carbocycles. The van der Waals surface area contributed by atoms with Crippen molar-refractivity contribution in [2.75, 3.05) is 11.9 Å². The van der Waals surface area contributed by atoms with Crippen molar-refractivity contribution in [1.29, 1.82) is 0 Å². The number of rotatable bonds is 7. The van der Waals surface area contributed by atoms with Gasteiger partial charge in [-0.3, -0.25) is 9.59 Å². The molecular weight excluding hydrogens is 473 g/mol. The summed E-state index contributed by atoms with van der Waals surface area (Å²) >= 11 is 18.3. The molecule has 0 aromatic heterocycles. The average Bonchev–Trinajstić information content (AvgIpc) is 2.75. The van der Waals surface area contributed by atoms with Crippen molar-refractivity contribution in [3.8, 4) is 5.75 Å². The van der Waals surface area contributed by atoms with Crippen LogP contribution >= 0.6 is 34.8 Å². The third kappa shape index (κ3) is 6.72. The van der Waals surface area contributed by atoms with E-state index in [-0.39, 0.29) is 34.2 Å². The topological polar surface area (TPSA) is 79.8 Å². The third-order valence-corrected chi connectivity index (χ3v) is 5.00. The zero-order valence-corrected chi connectivity index (χ0v) is 19.1. The van der Waals surface area contributed by atoms with Crippen molar-refractivity contribution >= 4 is 58.5 Å². The van der Waals surface area contributed by atoms with Gasteiger partial charge in [0.2, 0.25) is 0 Å². The van der Waals surface area contributed by atoms with Gasteiger partial charge in [-0.2, -0.15) is 5.10 Å². The summed E-state index contributed by atoms with van der Waals surface area (Å²) in [4.78, 5) is 24.2. The van der Waals surface area contributed by atoms with E-state index in [1.165, 1.54) is 6.21 Å². The van der Waals surface area contributed by atoms with Gasteiger partial charge in [-0.15, -0.1) is 0 Å². The Morgan fingerprint density at radius 3 is 2.22 bits per heavy atom. The number of hydrogen-bond donors (Lipinski definition) is 2. The number of anilines is 1. The molecule has 0 radical (unpaired) electrons. The van der Waals surface area contributed by atoms with E-state index in [2.05, 4.69) is 15.8 Å². The van der Waals surface area contributed by atoms with Crippen LogP contribution in [0.25, 0.3) is 0 Å². The lowest BCUT2D eigenvalue weighted by molar-refractivity contribution is -0.118. The number of carbonyl (C=O) groups excluding carboxylic acids is 2. The second-order valence-corrected chi connectivity index (χ2v) is 7.97. The number of aryl methyl sites for hydroxylation is 1. The number of benzene rings is 3. The lowest BCUT2D eigenvalue weighted by Gasteiger charge is -2.11. The maximum atomic E-state index is 12.1. The Kier molecular flexibility index (Phi) is 8.11. The van der Waals surface area contributed by atoms with E-state index in [0.29, 0.717) is 21.8 Å². The van der Waals surface area contributed by atoms with E-state index in [0.717, 1.165) is 5.56 Å². The normalized spacial score (nSPS) is 10.8. The Morgan fingerprint density at radius 2 is 1.59 bits per heavy atom. The van der Waals surface area contributed by atoms with E-state index in [4.69, 9.17) is 39.5 Å². The molecule has 0 aliphatic rings. The zero-order chi connectivity index (χ0) is 23.1. The largest absolute Gasteiger partial charge is 0.481 e. The predicted molar refractivity (Wildman–Crippen MR) is 128 cm³/mol. The van der Waals surface area contributed by atoms with E-state index in [1.54, 1.807) is 48.5 Å². The van der Waals surface area contributed by atoms with Gasteiger partial charge in [0.15, 0.2) is 12.4 Å². The van der Waals surface area contributed by atoms with Crippen LogP contribution in [0.15, 0.2) is 65.8 Å². The van der Waals surface area contributed by atoms with Gasteiger partial charge in [0.1, 0.15) is 0 Å². The Hall–Kier alpha value is -3.06. The van der Waals surface area contributed by atoms with Gasteiger partial charge in [-0.1, -0.05) is 52.5 Å². The number of nitrogens with zero attached hydrogens (tertiary/aromatic N) is 1. The SMILES string of the molecule is Cc1ccc(C(=O)N/N=C/c2cc(Cl)c(OCC(=O)Nc3ccc(Cl)cc3)c(Cl)c2)cc1. The molecule has 0 aliphatic heterocycles. The second kappa shape index (κ2) is 11.0. The quantitative estimate of drug-likeness (QED) is 0.327. The van der Waals surface area contributed by atoms with Gasteiger partial charge in [0.25, 0.3) is 11.8 Å². The van der Waals surface area contributed by atoms with Crippen molar-refractivity contribution in [2.24, 2.45) is 5.10 Å². The van der Waals surface area contributed by atoms with E-state index >= 15 is 0 Å². The minimum absolute atomic E-state index is 0.167. The highest BCUT2D eigenvalue weighted by Crippen LogP contribution is 2.33. The van der Waals surface area contributed by atoms with Gasteiger partial charge in [-0.25, -0.2) is 5.43 Å². The lowest BCUT2D eigenvalue weighted by atomic mass is 10.1. The summed E-state index contributed by atoms with van der Waals surface area (Å²) in [6.45, 7) is 1.65. The van der Waals surface area contributed by atoms with E-state index in [1.807, 2.05) is 19.1 Å². The molecule has 0 atom stereocenters. The number of ether oxygens (including phenoxy) is 1. The Morgan fingerprint density at radius 1 is 0.969 bits per heavy atom. The monoisotopic (exact) mass is 489 g/mol. The second-order valence-electron chi connectivity index (χ2n) is 6.72. The standard InChI is InChI=1S/C23H18Cl3N3O3/c1-14-2-4-16(5-3-14)23(31)29-27-12-15-10-19(25)22(20(26)11-15)32-13-21(30)28-18-8-6-17(24)7-9-18/h2-12H,13H2,1H3,(H,28,30)(H,29,31)/b27-12+. The van der Waals surface area contributed by atoms with Crippen LogP contribution in [-0.2, 0) is 4.79 Å². The summed E-state index contributed by atoms with van der Waals surface area (Å²) in [7, 11) is 0. The fourth-order valence-electron chi connectivity index (χ4n) is 2.59. The Labute approximate surface area is 200 Å². The molecule has 0 heterocycles. The molecule has 3 rings (SSSR count). The molecule has 0 fully saturated rings. The van der Waals surface area contributed by atoms with Crippen molar-refractivity contribution < 1.29 is 14.3 Å². The smallest absolute Gasteiger partial charge is 0.271 e. The van der Waals surface area contributed by atoms with Crippen molar-refractivity contribution in [3.05, 3.63) is 92.4 Å². The highest BCUT2D eigenvalue weighted by molar-refractivity contribution is 6.37. The first-order valence-electron chi connectivity index (χ1n) is 9.39. The molecule has 9 heteroatoms. The van der Waals surface area contributed by atoms with Crippen LogP contribution < -0.4 is 15.5 Å². The van der Waals surface area contributed by atoms with Crippen LogP contribution in [-0.4, -0.2) is 24.6 Å². The summed E-state index contributed by atoms with van der Waals surface area (Å²) in [5.74, 6) is -0.561. The lowest BCUT2D eigenvalue weighted by Crippen LogP contribution is -2.20. The van der Waals surface area contributed by atoms with Gasteiger partial charge < -0.3 is 10.1 Å². The maximum Gasteiger partial charge on any atom is 0.271 e. The summed E-state index contributed by atoms with van der Waals surface area (Å²) in [6.07, 6.45) is 1.40. The molecule has 6 nitrogen and oxygen atoms in total. The molecule has 0 saturated carbocycles. The zero-order valence-electron chi connectivity index (χ0n) is 16.9. The van der Waals surface area contributed by atoms with Gasteiger partial charge in [0, 0.05) is 16.3 Å². The van der Waals surface area contributed by atoms with Crippen LogP contribution in [0.2, 0.25) is 15.1 Å². The first-order chi connectivity index (χ1) is 15.3. The van der Waals surface area contributed by atoms with Crippen molar-refractivity contribution in [1.82, 2.24) is 5.43 Å². The number of amides is 2. The number of nitrogens with one attached hydrogen (secondary N) is 2. The molecule has 0 saturated heterocycles. The van der Waals surface area contributed by atoms with E-state index in [9.17, 15) is 9.59 Å². The molecule has 2 N–H and O–H groups in total. The number of halogens is 3. The summed E-state index contributed by atoms with van der Waals surface area (Å²) in [5.41, 5.74) is 5.11. The molecular formula is C23H18Cl3N3O3. The first kappa shape index (κ1) is 23.6. The third-order valence-electron chi connectivity index (χ3n) is 4.19. The van der Waals surface area contributed by atoms with Crippen molar-refractivity contribution in [3.63, 3.8) is 0 Å². The van der Waals surface area contributed by atoms with Crippen LogP contribution in [0.1, 0.15) is 21.5 Å². The number of hydrogen-bond acceptors (Lipinski definition) is 4. The summed E-state index contributed by atoms with van der Waals surface area (Å²) < 4.78 is 5.47. The molecule has 3 aromatic carbocycles. The van der Waals surface area contributed by atoms with Crippen LogP contribution in [0, 0.1) is 6.92 Å². The number of carbonyl (C=O) groups is 2. The summed E-state index contributed by atoms with van der Waals surface area (Å²) in [5, 5.41) is 7.56. The molecule has 32 heavy (non-hydrogen) atoms. The van der Waals surface area contributed by atoms with Crippen LogP contribution in [0.3, 0.4) is 0 Å². The fourth-order valence-corrected chi connectivity index (χ4v) is 3.33. The van der Waals surface area contributed by atoms with Gasteiger partial charge in [0.05, 0.1) is 16.3 Å². The minimum Gasteiger partial charge on any atom is -0.481 e. The molecule has 2 amide bonds. The molecule has 164 valence electrons. The molecule has 0 bridgehead atoms. The average molecular weight is 491 g/mol. The Bertz CT molecular complexity index is 1120. The van der Waals surface area contributed by atoms with Gasteiger partial charge in [-0.05, 0) is 61.0 Å². The highest BCUT2D eigenvalue weighted by Gasteiger charge is 2.12. The molecule has 0 unspecified atom stereocenters. The van der Waals surface area contributed by atoms with Gasteiger partial charge >= 0.3 is 0 Å². The van der Waals surface area contributed by atoms with Crippen LogP contribution in [0.5, 0.6) is 5.75 Å². The minimum atomic E-state index is -0.385. The fraction of sp³-hybridized carbons (Fsp3) is 0.0870. The maximum absolute atomic E-state index is 12.1. The molecule has 3 aromatic rings. The van der Waals surface area contributed by atoms with Crippen LogP contribution in [0.4, 0.5) is 5.69 Å². The van der Waals surface area contributed by atoms with Crippen molar-refractivity contribution in [2.45, 2.75) is 6.92 Å². The Balaban J connectivity index is 1.57. The van der Waals surface area contributed by atoms with E-state index < -0.39 is 0 Å². The summed E-state index contributed by atoms with van der Waals surface area (Å²) in [6, 6.07) is 16.9.